The van der Waals surface area contributed by atoms with Crippen molar-refractivity contribution in [2.75, 3.05) is 11.1 Å². The molecule has 0 bridgehead atoms. The van der Waals surface area contributed by atoms with Gasteiger partial charge in [0.2, 0.25) is 5.91 Å². The second kappa shape index (κ2) is 10.3. The topological polar surface area (TPSA) is 69.0 Å². The highest BCUT2D eigenvalue weighted by Crippen LogP contribution is 2.28. The summed E-state index contributed by atoms with van der Waals surface area (Å²) in [5, 5.41) is 12.4. The maximum absolute atomic E-state index is 13.2. The summed E-state index contributed by atoms with van der Waals surface area (Å²) in [4.78, 5) is 12.2. The van der Waals surface area contributed by atoms with E-state index in [9.17, 15) is 9.18 Å². The van der Waals surface area contributed by atoms with Gasteiger partial charge in [-0.1, -0.05) is 46.6 Å². The molecular weight excluding hydrogens is 474 g/mol. The van der Waals surface area contributed by atoms with Crippen LogP contribution < -0.4 is 10.1 Å². The molecular formula is C19H16Cl3FN4O2S. The summed E-state index contributed by atoms with van der Waals surface area (Å²) in [6.07, 6.45) is 0. The lowest BCUT2D eigenvalue weighted by Gasteiger charge is -2.10. The minimum atomic E-state index is -0.547. The van der Waals surface area contributed by atoms with E-state index < -0.39 is 5.82 Å². The highest BCUT2D eigenvalue weighted by atomic mass is 35.5. The Balaban J connectivity index is 1.60. The molecule has 0 saturated heterocycles. The second-order valence-corrected chi connectivity index (χ2v) is 8.17. The van der Waals surface area contributed by atoms with Gasteiger partial charge in [0.15, 0.2) is 11.0 Å². The molecule has 1 aromatic heterocycles. The van der Waals surface area contributed by atoms with Crippen LogP contribution in [0, 0.1) is 5.82 Å². The van der Waals surface area contributed by atoms with Gasteiger partial charge in [-0.25, -0.2) is 4.39 Å². The Labute approximate surface area is 191 Å². The number of halogens is 4. The third kappa shape index (κ3) is 5.78. The molecule has 11 heteroatoms. The first kappa shape index (κ1) is 22.7. The zero-order valence-corrected chi connectivity index (χ0v) is 18.7. The molecule has 30 heavy (non-hydrogen) atoms. The Hall–Kier alpha value is -2.00. The van der Waals surface area contributed by atoms with Crippen LogP contribution in [0.15, 0.2) is 41.6 Å². The van der Waals surface area contributed by atoms with Gasteiger partial charge in [-0.2, -0.15) is 0 Å². The summed E-state index contributed by atoms with van der Waals surface area (Å²) in [5.41, 5.74) is 0.413. The maximum atomic E-state index is 13.2. The first-order valence-corrected chi connectivity index (χ1v) is 10.9. The highest BCUT2D eigenvalue weighted by Gasteiger charge is 2.15. The van der Waals surface area contributed by atoms with E-state index in [0.717, 1.165) is 0 Å². The SMILES string of the molecule is CCn1c(COc2cc(Cl)ccc2Cl)nnc1SCC(=O)Nc1ccc(F)c(Cl)c1. The van der Waals surface area contributed by atoms with E-state index in [-0.39, 0.29) is 23.3 Å². The Morgan fingerprint density at radius 2 is 1.97 bits per heavy atom. The lowest BCUT2D eigenvalue weighted by Crippen LogP contribution is -2.15. The number of benzene rings is 2. The average molecular weight is 490 g/mol. The van der Waals surface area contributed by atoms with Crippen molar-refractivity contribution in [3.8, 4) is 5.75 Å². The number of hydrogen-bond acceptors (Lipinski definition) is 5. The third-order valence-corrected chi connectivity index (χ3v) is 5.70. The number of thioether (sulfide) groups is 1. The molecule has 2 aromatic carbocycles. The Kier molecular flexibility index (Phi) is 7.82. The van der Waals surface area contributed by atoms with Crippen molar-refractivity contribution in [3.63, 3.8) is 0 Å². The molecule has 1 amide bonds. The standard InChI is InChI=1S/C19H16Cl3FN4O2S/c1-2-27-17(9-29-16-7-11(20)3-5-13(16)21)25-26-19(27)30-10-18(28)24-12-4-6-15(23)14(22)8-12/h3-8H,2,9-10H2,1H3,(H,24,28). The molecule has 3 rings (SSSR count). The van der Waals surface area contributed by atoms with Crippen LogP contribution in [0.4, 0.5) is 10.1 Å². The fourth-order valence-corrected chi connectivity index (χ4v) is 3.82. The summed E-state index contributed by atoms with van der Waals surface area (Å²) < 4.78 is 20.8. The number of nitrogens with one attached hydrogen (secondary N) is 1. The quantitative estimate of drug-likeness (QED) is 0.411. The summed E-state index contributed by atoms with van der Waals surface area (Å²) in [6, 6.07) is 8.93. The molecule has 3 aromatic rings. The van der Waals surface area contributed by atoms with Gasteiger partial charge in [0.05, 0.1) is 15.8 Å². The van der Waals surface area contributed by atoms with Gasteiger partial charge in [-0.15, -0.1) is 10.2 Å². The van der Waals surface area contributed by atoms with Crippen LogP contribution in [-0.4, -0.2) is 26.4 Å². The van der Waals surface area contributed by atoms with Crippen LogP contribution in [0.3, 0.4) is 0 Å². The number of aromatic nitrogens is 3. The number of hydrogen-bond donors (Lipinski definition) is 1. The number of anilines is 1. The molecule has 0 aliphatic rings. The van der Waals surface area contributed by atoms with Gasteiger partial charge in [-0.3, -0.25) is 4.79 Å². The number of rotatable bonds is 8. The molecule has 0 aliphatic heterocycles. The number of carbonyl (C=O) groups excluding carboxylic acids is 1. The Bertz CT molecular complexity index is 1060. The molecule has 0 unspecified atom stereocenters. The molecule has 0 atom stereocenters. The molecule has 1 heterocycles. The molecule has 0 saturated carbocycles. The molecule has 6 nitrogen and oxygen atoms in total. The minimum absolute atomic E-state index is 0.0596. The first-order chi connectivity index (χ1) is 14.4. The van der Waals surface area contributed by atoms with Gasteiger partial charge < -0.3 is 14.6 Å². The van der Waals surface area contributed by atoms with Crippen LogP contribution in [0.1, 0.15) is 12.7 Å². The van der Waals surface area contributed by atoms with Crippen LogP contribution in [0.2, 0.25) is 15.1 Å². The van der Waals surface area contributed by atoms with E-state index in [1.165, 1.54) is 30.0 Å². The van der Waals surface area contributed by atoms with Gasteiger partial charge in [0.1, 0.15) is 18.2 Å². The largest absolute Gasteiger partial charge is 0.484 e. The highest BCUT2D eigenvalue weighted by molar-refractivity contribution is 7.99. The summed E-state index contributed by atoms with van der Waals surface area (Å²) in [7, 11) is 0. The number of carbonyl (C=O) groups is 1. The van der Waals surface area contributed by atoms with Crippen molar-refractivity contribution in [2.24, 2.45) is 0 Å². The molecule has 0 aliphatic carbocycles. The van der Waals surface area contributed by atoms with Crippen molar-refractivity contribution >= 4 is 58.2 Å². The third-order valence-electron chi connectivity index (χ3n) is 3.90. The van der Waals surface area contributed by atoms with Gasteiger partial charge >= 0.3 is 0 Å². The smallest absolute Gasteiger partial charge is 0.234 e. The van der Waals surface area contributed by atoms with E-state index in [2.05, 4.69) is 15.5 Å². The fraction of sp³-hybridized carbons (Fsp3) is 0.211. The summed E-state index contributed by atoms with van der Waals surface area (Å²) >= 11 is 19.0. The fourth-order valence-electron chi connectivity index (χ4n) is 2.48. The van der Waals surface area contributed by atoms with E-state index in [1.54, 1.807) is 18.2 Å². The summed E-state index contributed by atoms with van der Waals surface area (Å²) in [6.45, 7) is 2.66. The number of ether oxygens (including phenoxy) is 1. The van der Waals surface area contributed by atoms with Crippen molar-refractivity contribution in [1.82, 2.24) is 14.8 Å². The zero-order valence-electron chi connectivity index (χ0n) is 15.7. The van der Waals surface area contributed by atoms with Crippen LogP contribution in [0.5, 0.6) is 5.75 Å². The van der Waals surface area contributed by atoms with E-state index in [0.29, 0.717) is 39.0 Å². The van der Waals surface area contributed by atoms with Crippen molar-refractivity contribution in [2.45, 2.75) is 25.2 Å². The molecule has 0 fully saturated rings. The Morgan fingerprint density at radius 3 is 2.70 bits per heavy atom. The van der Waals surface area contributed by atoms with Crippen LogP contribution in [-0.2, 0) is 17.9 Å². The van der Waals surface area contributed by atoms with E-state index >= 15 is 0 Å². The van der Waals surface area contributed by atoms with E-state index in [1.807, 2.05) is 11.5 Å². The number of amides is 1. The Morgan fingerprint density at radius 1 is 1.17 bits per heavy atom. The second-order valence-electron chi connectivity index (χ2n) is 5.97. The maximum Gasteiger partial charge on any atom is 0.234 e. The van der Waals surface area contributed by atoms with Crippen molar-refractivity contribution in [1.29, 1.82) is 0 Å². The lowest BCUT2D eigenvalue weighted by atomic mass is 10.3. The molecule has 1 N–H and O–H groups in total. The predicted molar refractivity (Wildman–Crippen MR) is 117 cm³/mol. The zero-order chi connectivity index (χ0) is 21.7. The predicted octanol–water partition coefficient (Wildman–Crippen LogP) is 5.71. The minimum Gasteiger partial charge on any atom is -0.484 e. The monoisotopic (exact) mass is 488 g/mol. The van der Waals surface area contributed by atoms with E-state index in [4.69, 9.17) is 39.5 Å². The van der Waals surface area contributed by atoms with Crippen molar-refractivity contribution < 1.29 is 13.9 Å². The average Bonchev–Trinajstić information content (AvgIpc) is 3.11. The van der Waals surface area contributed by atoms with Crippen LogP contribution >= 0.6 is 46.6 Å². The lowest BCUT2D eigenvalue weighted by molar-refractivity contribution is -0.113. The summed E-state index contributed by atoms with van der Waals surface area (Å²) in [5.74, 6) is 0.294. The van der Waals surface area contributed by atoms with Gasteiger partial charge in [-0.05, 0) is 37.3 Å². The van der Waals surface area contributed by atoms with Gasteiger partial charge in [0, 0.05) is 23.3 Å². The first-order valence-electron chi connectivity index (χ1n) is 8.75. The van der Waals surface area contributed by atoms with Crippen LogP contribution in [0.25, 0.3) is 0 Å². The normalized spacial score (nSPS) is 10.8. The van der Waals surface area contributed by atoms with Crippen molar-refractivity contribution in [3.05, 3.63) is 63.1 Å². The number of nitrogens with zero attached hydrogens (tertiary/aromatic N) is 3. The molecule has 158 valence electrons. The molecule has 0 radical (unpaired) electrons. The van der Waals surface area contributed by atoms with Gasteiger partial charge in [0.25, 0.3) is 0 Å². The molecule has 0 spiro atoms.